The van der Waals surface area contributed by atoms with E-state index in [4.69, 9.17) is 4.74 Å². The van der Waals surface area contributed by atoms with E-state index in [1.165, 1.54) is 5.56 Å². The number of allylic oxidation sites excluding steroid dienone is 1. The molecule has 1 saturated heterocycles. The average molecular weight is 551 g/mol. The number of esters is 1. The van der Waals surface area contributed by atoms with Crippen LogP contribution in [0.25, 0.3) is 0 Å². The first-order valence-corrected chi connectivity index (χ1v) is 14.6. The fraction of sp³-hybridized carbons (Fsp3) is 0.343. The van der Waals surface area contributed by atoms with Crippen molar-refractivity contribution in [1.29, 1.82) is 0 Å². The molecule has 3 aromatic carbocycles. The van der Waals surface area contributed by atoms with Gasteiger partial charge in [0.15, 0.2) is 0 Å². The highest BCUT2D eigenvalue weighted by molar-refractivity contribution is 5.96. The molecule has 5 rings (SSSR count). The van der Waals surface area contributed by atoms with Gasteiger partial charge in [0.25, 0.3) is 5.91 Å². The number of nitrogens with zero attached hydrogens (tertiary/aromatic N) is 2. The zero-order valence-electron chi connectivity index (χ0n) is 23.9. The third kappa shape index (κ3) is 6.59. The van der Waals surface area contributed by atoms with Gasteiger partial charge in [0.2, 0.25) is 5.91 Å². The van der Waals surface area contributed by atoms with E-state index in [-0.39, 0.29) is 37.3 Å². The van der Waals surface area contributed by atoms with Crippen molar-refractivity contribution < 1.29 is 19.1 Å². The number of hydrogen-bond donors (Lipinski definition) is 0. The Kier molecular flexibility index (Phi) is 8.98. The molecule has 3 aromatic rings. The second-order valence-corrected chi connectivity index (χ2v) is 11.0. The Labute approximate surface area is 242 Å². The van der Waals surface area contributed by atoms with E-state index in [2.05, 4.69) is 24.3 Å². The zero-order chi connectivity index (χ0) is 28.8. The Morgan fingerprint density at radius 1 is 0.878 bits per heavy atom. The number of rotatable bonds is 8. The zero-order valence-corrected chi connectivity index (χ0v) is 23.9. The molecule has 212 valence electrons. The molecule has 0 aliphatic carbocycles. The summed E-state index contributed by atoms with van der Waals surface area (Å²) in [7, 11) is 0. The number of ether oxygens (including phenoxy) is 1. The minimum Gasteiger partial charge on any atom is -0.463 e. The van der Waals surface area contributed by atoms with E-state index < -0.39 is 5.97 Å². The van der Waals surface area contributed by atoms with Crippen LogP contribution in [0.4, 0.5) is 0 Å². The summed E-state index contributed by atoms with van der Waals surface area (Å²) in [5, 5.41) is 0. The molecule has 0 unspecified atom stereocenters. The lowest BCUT2D eigenvalue weighted by Gasteiger charge is -2.34. The van der Waals surface area contributed by atoms with Gasteiger partial charge in [-0.3, -0.25) is 9.59 Å². The highest BCUT2D eigenvalue weighted by Crippen LogP contribution is 2.37. The van der Waals surface area contributed by atoms with E-state index >= 15 is 0 Å². The molecule has 6 nitrogen and oxygen atoms in total. The lowest BCUT2D eigenvalue weighted by molar-refractivity contribution is -0.140. The first kappa shape index (κ1) is 28.3. The van der Waals surface area contributed by atoms with Crippen LogP contribution in [-0.2, 0) is 27.3 Å². The van der Waals surface area contributed by atoms with Gasteiger partial charge < -0.3 is 14.5 Å². The monoisotopic (exact) mass is 550 g/mol. The van der Waals surface area contributed by atoms with Gasteiger partial charge in [-0.25, -0.2) is 4.79 Å². The van der Waals surface area contributed by atoms with E-state index in [1.54, 1.807) is 11.8 Å². The third-order valence-corrected chi connectivity index (χ3v) is 8.30. The van der Waals surface area contributed by atoms with Crippen LogP contribution >= 0.6 is 0 Å². The molecule has 0 radical (unpaired) electrons. The second-order valence-electron chi connectivity index (χ2n) is 11.0. The topological polar surface area (TPSA) is 66.9 Å². The number of carbonyl (C=O) groups excluding carboxylic acids is 3. The van der Waals surface area contributed by atoms with Crippen LogP contribution in [0.15, 0.2) is 96.2 Å². The van der Waals surface area contributed by atoms with Crippen LogP contribution in [0.3, 0.4) is 0 Å². The molecule has 0 saturated carbocycles. The number of piperidine rings is 1. The summed E-state index contributed by atoms with van der Waals surface area (Å²) in [6.45, 7) is 5.64. The van der Waals surface area contributed by atoms with Crippen molar-refractivity contribution in [3.05, 3.63) is 118 Å². The van der Waals surface area contributed by atoms with E-state index in [0.717, 1.165) is 43.5 Å². The highest BCUT2D eigenvalue weighted by atomic mass is 16.5. The van der Waals surface area contributed by atoms with Crippen molar-refractivity contribution in [1.82, 2.24) is 9.80 Å². The molecule has 2 heterocycles. The molecule has 1 atom stereocenters. The van der Waals surface area contributed by atoms with Gasteiger partial charge in [-0.15, -0.1) is 0 Å². The quantitative estimate of drug-likeness (QED) is 0.316. The average Bonchev–Trinajstić information content (AvgIpc) is 3.00. The van der Waals surface area contributed by atoms with Gasteiger partial charge in [0.05, 0.1) is 18.7 Å². The molecule has 6 heteroatoms. The Morgan fingerprint density at radius 2 is 1.54 bits per heavy atom. The van der Waals surface area contributed by atoms with E-state index in [1.807, 2.05) is 72.5 Å². The second kappa shape index (κ2) is 13.0. The van der Waals surface area contributed by atoms with Gasteiger partial charge in [0.1, 0.15) is 0 Å². The SMILES string of the molecule is CCOC(=O)C1=C(C)N(Cc2cccc(C(=O)N3CCC(Cc4ccccc4)CC3)c2)C(=O)C[C@H]1c1ccccc1. The van der Waals surface area contributed by atoms with Crippen molar-refractivity contribution in [2.45, 2.75) is 52.0 Å². The molecule has 1 fully saturated rings. The number of carbonyl (C=O) groups is 3. The minimum absolute atomic E-state index is 0.0265. The molecule has 41 heavy (non-hydrogen) atoms. The van der Waals surface area contributed by atoms with Crippen molar-refractivity contribution in [2.75, 3.05) is 19.7 Å². The first-order chi connectivity index (χ1) is 19.9. The summed E-state index contributed by atoms with van der Waals surface area (Å²) in [4.78, 5) is 43.5. The van der Waals surface area contributed by atoms with E-state index in [9.17, 15) is 14.4 Å². The summed E-state index contributed by atoms with van der Waals surface area (Å²) in [5.74, 6) is -0.186. The maximum atomic E-state index is 13.4. The number of amides is 2. The summed E-state index contributed by atoms with van der Waals surface area (Å²) in [6, 6.07) is 27.7. The van der Waals surface area contributed by atoms with Gasteiger partial charge in [-0.1, -0.05) is 72.8 Å². The fourth-order valence-corrected chi connectivity index (χ4v) is 6.10. The first-order valence-electron chi connectivity index (χ1n) is 14.6. The Balaban J connectivity index is 1.30. The maximum Gasteiger partial charge on any atom is 0.336 e. The Morgan fingerprint density at radius 3 is 2.22 bits per heavy atom. The van der Waals surface area contributed by atoms with Crippen LogP contribution in [-0.4, -0.2) is 47.3 Å². The lowest BCUT2D eigenvalue weighted by Crippen LogP contribution is -2.39. The van der Waals surface area contributed by atoms with Gasteiger partial charge >= 0.3 is 5.97 Å². The van der Waals surface area contributed by atoms with Crippen LogP contribution in [0, 0.1) is 5.92 Å². The minimum atomic E-state index is -0.393. The summed E-state index contributed by atoms with van der Waals surface area (Å²) < 4.78 is 5.41. The van der Waals surface area contributed by atoms with Crippen molar-refractivity contribution in [2.24, 2.45) is 5.92 Å². The molecule has 0 N–H and O–H groups in total. The predicted octanol–water partition coefficient (Wildman–Crippen LogP) is 6.13. The summed E-state index contributed by atoms with van der Waals surface area (Å²) in [6.07, 6.45) is 3.22. The molecule has 2 aliphatic heterocycles. The maximum absolute atomic E-state index is 13.4. The summed E-state index contributed by atoms with van der Waals surface area (Å²) >= 11 is 0. The van der Waals surface area contributed by atoms with Crippen LogP contribution in [0.2, 0.25) is 0 Å². The van der Waals surface area contributed by atoms with Gasteiger partial charge in [-0.2, -0.15) is 0 Å². The Hall–Kier alpha value is -4.19. The number of benzene rings is 3. The smallest absolute Gasteiger partial charge is 0.336 e. The highest BCUT2D eigenvalue weighted by Gasteiger charge is 2.37. The van der Waals surface area contributed by atoms with Gasteiger partial charge in [0, 0.05) is 36.7 Å². The lowest BCUT2D eigenvalue weighted by atomic mass is 9.83. The third-order valence-electron chi connectivity index (χ3n) is 8.30. The molecular weight excluding hydrogens is 512 g/mol. The molecule has 2 aliphatic rings. The fourth-order valence-electron chi connectivity index (χ4n) is 6.10. The number of hydrogen-bond acceptors (Lipinski definition) is 4. The van der Waals surface area contributed by atoms with E-state index in [0.29, 0.717) is 22.8 Å². The van der Waals surface area contributed by atoms with Crippen molar-refractivity contribution in [3.63, 3.8) is 0 Å². The van der Waals surface area contributed by atoms with Crippen LogP contribution in [0.1, 0.15) is 66.1 Å². The normalized spacial score (nSPS) is 18.0. The Bertz CT molecular complexity index is 1410. The largest absolute Gasteiger partial charge is 0.463 e. The van der Waals surface area contributed by atoms with Crippen molar-refractivity contribution in [3.8, 4) is 0 Å². The standard InChI is InChI=1S/C35H38N2O4/c1-3-41-35(40)33-25(2)37(32(38)23-31(33)29-14-8-5-9-15-29)24-28-13-10-16-30(22-28)34(39)36-19-17-27(18-20-36)21-26-11-6-4-7-12-26/h4-16,22,27,31H,3,17-21,23-24H2,1-2H3/t31-/m0/s1. The summed E-state index contributed by atoms with van der Waals surface area (Å²) in [5.41, 5.74) is 4.87. The molecule has 0 aromatic heterocycles. The predicted molar refractivity (Wildman–Crippen MR) is 159 cm³/mol. The molecular formula is C35H38N2O4. The van der Waals surface area contributed by atoms with Crippen molar-refractivity contribution >= 4 is 17.8 Å². The molecule has 0 bridgehead atoms. The molecule has 2 amide bonds. The van der Waals surface area contributed by atoms with Crippen LogP contribution in [0.5, 0.6) is 0 Å². The van der Waals surface area contributed by atoms with Gasteiger partial charge in [-0.05, 0) is 67.9 Å². The molecule has 0 spiro atoms. The van der Waals surface area contributed by atoms with Crippen LogP contribution < -0.4 is 0 Å². The number of likely N-dealkylation sites (tertiary alicyclic amines) is 1.